The van der Waals surface area contributed by atoms with Crippen molar-refractivity contribution in [3.63, 3.8) is 0 Å². The van der Waals surface area contributed by atoms with Crippen LogP contribution in [0, 0.1) is 23.2 Å². The van der Waals surface area contributed by atoms with Crippen LogP contribution in [-0.4, -0.2) is 7.11 Å². The third-order valence-electron chi connectivity index (χ3n) is 3.32. The van der Waals surface area contributed by atoms with Gasteiger partial charge in [0, 0.05) is 11.6 Å². The zero-order valence-electron chi connectivity index (χ0n) is 11.6. The average molecular weight is 246 g/mol. The van der Waals surface area contributed by atoms with Gasteiger partial charge >= 0.3 is 0 Å². The van der Waals surface area contributed by atoms with Gasteiger partial charge < -0.3 is 10.5 Å². The van der Waals surface area contributed by atoms with Crippen molar-refractivity contribution in [2.24, 2.45) is 17.6 Å². The number of ether oxygens (including phenoxy) is 1. The Bertz CT molecular complexity index is 435. The average Bonchev–Trinajstić information content (AvgIpc) is 2.38. The second kappa shape index (κ2) is 6.42. The van der Waals surface area contributed by atoms with Crippen LogP contribution in [0.4, 0.5) is 0 Å². The topological polar surface area (TPSA) is 59.0 Å². The Morgan fingerprint density at radius 3 is 2.50 bits per heavy atom. The zero-order valence-corrected chi connectivity index (χ0v) is 11.6. The van der Waals surface area contributed by atoms with E-state index in [-0.39, 0.29) is 17.9 Å². The lowest BCUT2D eigenvalue weighted by Gasteiger charge is -2.23. The Morgan fingerprint density at radius 1 is 1.39 bits per heavy atom. The van der Waals surface area contributed by atoms with E-state index in [2.05, 4.69) is 19.1 Å². The van der Waals surface area contributed by atoms with Gasteiger partial charge in [0.05, 0.1) is 19.1 Å². The van der Waals surface area contributed by atoms with E-state index in [0.29, 0.717) is 0 Å². The van der Waals surface area contributed by atoms with Gasteiger partial charge in [-0.2, -0.15) is 5.26 Å². The SMILES string of the molecule is CCc1ccc(OC)c(C(N)C(C#N)C(C)C)c1. The van der Waals surface area contributed by atoms with E-state index >= 15 is 0 Å². The number of hydrogen-bond acceptors (Lipinski definition) is 3. The second-order valence-corrected chi connectivity index (χ2v) is 4.85. The van der Waals surface area contributed by atoms with Crippen molar-refractivity contribution >= 4 is 0 Å². The minimum Gasteiger partial charge on any atom is -0.496 e. The summed E-state index contributed by atoms with van der Waals surface area (Å²) in [5, 5.41) is 9.25. The van der Waals surface area contributed by atoms with Crippen molar-refractivity contribution in [1.82, 2.24) is 0 Å². The van der Waals surface area contributed by atoms with E-state index in [0.717, 1.165) is 17.7 Å². The predicted molar refractivity (Wildman–Crippen MR) is 73.2 cm³/mol. The summed E-state index contributed by atoms with van der Waals surface area (Å²) in [6.07, 6.45) is 0.947. The minimum atomic E-state index is -0.309. The van der Waals surface area contributed by atoms with E-state index in [1.54, 1.807) is 7.11 Å². The largest absolute Gasteiger partial charge is 0.496 e. The first-order chi connectivity index (χ1) is 8.54. The molecule has 0 bridgehead atoms. The summed E-state index contributed by atoms with van der Waals surface area (Å²) < 4.78 is 5.35. The number of hydrogen-bond donors (Lipinski definition) is 1. The van der Waals surface area contributed by atoms with Crippen LogP contribution in [0.5, 0.6) is 5.75 Å². The molecule has 2 unspecified atom stereocenters. The Morgan fingerprint density at radius 2 is 2.06 bits per heavy atom. The highest BCUT2D eigenvalue weighted by Gasteiger charge is 2.25. The number of nitrogens with zero attached hydrogens (tertiary/aromatic N) is 1. The summed E-state index contributed by atoms with van der Waals surface area (Å²) in [5.74, 6) is 0.784. The maximum Gasteiger partial charge on any atom is 0.123 e. The molecule has 1 aromatic carbocycles. The highest BCUT2D eigenvalue weighted by molar-refractivity contribution is 5.40. The number of rotatable bonds is 5. The minimum absolute atomic E-state index is 0.203. The number of methoxy groups -OCH3 is 1. The van der Waals surface area contributed by atoms with Crippen molar-refractivity contribution < 1.29 is 4.74 Å². The number of benzene rings is 1. The summed E-state index contributed by atoms with van der Waals surface area (Å²) in [6.45, 7) is 6.13. The molecule has 3 heteroatoms. The third-order valence-corrected chi connectivity index (χ3v) is 3.32. The molecule has 0 aliphatic carbocycles. The molecule has 0 aliphatic heterocycles. The van der Waals surface area contributed by atoms with Crippen LogP contribution in [0.1, 0.15) is 37.9 Å². The molecule has 3 nitrogen and oxygen atoms in total. The number of nitriles is 1. The van der Waals surface area contributed by atoms with E-state index in [9.17, 15) is 5.26 Å². The summed E-state index contributed by atoms with van der Waals surface area (Å²) in [6, 6.07) is 8.02. The Kier molecular flexibility index (Phi) is 5.18. The van der Waals surface area contributed by atoms with Crippen molar-refractivity contribution in [2.75, 3.05) is 7.11 Å². The molecule has 18 heavy (non-hydrogen) atoms. The molecule has 2 atom stereocenters. The van der Waals surface area contributed by atoms with Crippen LogP contribution in [0.15, 0.2) is 18.2 Å². The molecule has 1 aromatic rings. The summed E-state index contributed by atoms with van der Waals surface area (Å²) in [7, 11) is 1.63. The van der Waals surface area contributed by atoms with Gasteiger partial charge in [-0.15, -0.1) is 0 Å². The van der Waals surface area contributed by atoms with Gasteiger partial charge in [0.15, 0.2) is 0 Å². The van der Waals surface area contributed by atoms with E-state index in [1.165, 1.54) is 5.56 Å². The van der Waals surface area contributed by atoms with Crippen LogP contribution in [0.3, 0.4) is 0 Å². The Hall–Kier alpha value is -1.53. The molecule has 0 radical (unpaired) electrons. The summed E-state index contributed by atoms with van der Waals surface area (Å²) in [4.78, 5) is 0. The molecule has 0 aliphatic rings. The Labute approximate surface area is 110 Å². The first-order valence-electron chi connectivity index (χ1n) is 6.37. The van der Waals surface area contributed by atoms with Gasteiger partial charge in [-0.05, 0) is 24.0 Å². The van der Waals surface area contributed by atoms with Gasteiger partial charge in [-0.3, -0.25) is 0 Å². The number of nitrogens with two attached hydrogens (primary N) is 1. The van der Waals surface area contributed by atoms with Crippen LogP contribution in [-0.2, 0) is 6.42 Å². The molecule has 0 fully saturated rings. The number of aryl methyl sites for hydroxylation is 1. The quantitative estimate of drug-likeness (QED) is 0.868. The lowest BCUT2D eigenvalue weighted by Crippen LogP contribution is -2.25. The van der Waals surface area contributed by atoms with Crippen molar-refractivity contribution in [2.45, 2.75) is 33.2 Å². The van der Waals surface area contributed by atoms with Crippen LogP contribution in [0.25, 0.3) is 0 Å². The molecule has 0 amide bonds. The fraction of sp³-hybridized carbons (Fsp3) is 0.533. The standard InChI is InChI=1S/C15H22N2O/c1-5-11-6-7-14(18-4)12(8-11)15(17)13(9-16)10(2)3/h6-8,10,13,15H,5,17H2,1-4H3. The molecular formula is C15H22N2O. The normalized spacial score (nSPS) is 14.1. The molecule has 1 rings (SSSR count). The van der Waals surface area contributed by atoms with Crippen molar-refractivity contribution in [3.8, 4) is 11.8 Å². The molecule has 2 N–H and O–H groups in total. The van der Waals surface area contributed by atoms with Crippen LogP contribution < -0.4 is 10.5 Å². The predicted octanol–water partition coefficient (Wildman–Crippen LogP) is 3.05. The van der Waals surface area contributed by atoms with E-state index in [1.807, 2.05) is 26.0 Å². The van der Waals surface area contributed by atoms with Crippen LogP contribution >= 0.6 is 0 Å². The highest BCUT2D eigenvalue weighted by atomic mass is 16.5. The first-order valence-corrected chi connectivity index (χ1v) is 6.37. The third kappa shape index (κ3) is 3.02. The van der Waals surface area contributed by atoms with Gasteiger partial charge in [-0.25, -0.2) is 0 Å². The first kappa shape index (κ1) is 14.5. The monoisotopic (exact) mass is 246 g/mol. The van der Waals surface area contributed by atoms with Crippen LogP contribution in [0.2, 0.25) is 0 Å². The van der Waals surface area contributed by atoms with Gasteiger partial charge in [0.2, 0.25) is 0 Å². The fourth-order valence-corrected chi connectivity index (χ4v) is 2.10. The summed E-state index contributed by atoms with van der Waals surface area (Å²) >= 11 is 0. The van der Waals surface area contributed by atoms with Gasteiger partial charge in [-0.1, -0.05) is 32.9 Å². The molecule has 0 spiro atoms. The molecule has 0 saturated heterocycles. The van der Waals surface area contributed by atoms with Gasteiger partial charge in [0.1, 0.15) is 5.75 Å². The highest BCUT2D eigenvalue weighted by Crippen LogP contribution is 2.32. The molecule has 98 valence electrons. The molecule has 0 aromatic heterocycles. The second-order valence-electron chi connectivity index (χ2n) is 4.85. The van der Waals surface area contributed by atoms with Gasteiger partial charge in [0.25, 0.3) is 0 Å². The van der Waals surface area contributed by atoms with Crippen molar-refractivity contribution in [1.29, 1.82) is 5.26 Å². The summed E-state index contributed by atoms with van der Waals surface area (Å²) in [5.41, 5.74) is 8.39. The lowest BCUT2D eigenvalue weighted by molar-refractivity contribution is 0.372. The van der Waals surface area contributed by atoms with E-state index < -0.39 is 0 Å². The molecule has 0 heterocycles. The lowest BCUT2D eigenvalue weighted by atomic mass is 9.85. The zero-order chi connectivity index (χ0) is 13.7. The maximum atomic E-state index is 9.25. The smallest absolute Gasteiger partial charge is 0.123 e. The molecular weight excluding hydrogens is 224 g/mol. The van der Waals surface area contributed by atoms with Crippen molar-refractivity contribution in [3.05, 3.63) is 29.3 Å². The maximum absolute atomic E-state index is 9.25. The Balaban J connectivity index is 3.17. The fourth-order valence-electron chi connectivity index (χ4n) is 2.10. The molecule has 0 saturated carbocycles. The van der Waals surface area contributed by atoms with E-state index in [4.69, 9.17) is 10.5 Å².